The van der Waals surface area contributed by atoms with Crippen LogP contribution >= 0.6 is 0 Å². The van der Waals surface area contributed by atoms with Crippen LogP contribution in [-0.2, 0) is 12.8 Å². The maximum atomic E-state index is 5.42. The molecule has 0 unspecified atom stereocenters. The van der Waals surface area contributed by atoms with Gasteiger partial charge >= 0.3 is 0 Å². The van der Waals surface area contributed by atoms with Crippen LogP contribution < -0.4 is 4.90 Å². The highest BCUT2D eigenvalue weighted by Gasteiger charge is 2.29. The van der Waals surface area contributed by atoms with E-state index in [9.17, 15) is 0 Å². The molecule has 0 aliphatic carbocycles. The normalized spacial score (nSPS) is 11.8. The molecule has 3 aromatic carbocycles. The van der Waals surface area contributed by atoms with Crippen LogP contribution in [0.1, 0.15) is 41.9 Å². The summed E-state index contributed by atoms with van der Waals surface area (Å²) in [5.74, 6) is 1.88. The minimum absolute atomic E-state index is 0.840. The third-order valence-corrected chi connectivity index (χ3v) is 8.14. The number of aromatic nitrogens is 4. The first-order chi connectivity index (χ1) is 19.5. The largest absolute Gasteiger partial charge is 0.301 e. The van der Waals surface area contributed by atoms with Crippen LogP contribution in [0.3, 0.4) is 0 Å². The summed E-state index contributed by atoms with van der Waals surface area (Å²) in [5.41, 5.74) is 9.13. The second kappa shape index (κ2) is 9.23. The highest BCUT2D eigenvalue weighted by atomic mass is 15.3. The van der Waals surface area contributed by atoms with E-state index >= 15 is 0 Å². The summed E-state index contributed by atoms with van der Waals surface area (Å²) in [7, 11) is 0. The SMILES string of the molecule is CCc1c(N(c2nc3c4ccccc4ccn3c2CC)c2c(C)cc(C)cc2C)nc2c3ccccc3ccn12. The Balaban J connectivity index is 1.62. The van der Waals surface area contributed by atoms with Crippen LogP contribution in [0.5, 0.6) is 0 Å². The Kier molecular flexibility index (Phi) is 5.63. The van der Waals surface area contributed by atoms with Crippen LogP contribution in [0.2, 0.25) is 0 Å². The zero-order valence-electron chi connectivity index (χ0n) is 23.7. The molecule has 5 nitrogen and oxygen atoms in total. The molecule has 0 aliphatic rings. The monoisotopic (exact) mass is 523 g/mol. The summed E-state index contributed by atoms with van der Waals surface area (Å²) in [6.45, 7) is 11.0. The topological polar surface area (TPSA) is 37.8 Å². The zero-order chi connectivity index (χ0) is 27.5. The van der Waals surface area contributed by atoms with Crippen LogP contribution in [0, 0.1) is 20.8 Å². The Bertz CT molecular complexity index is 1930. The van der Waals surface area contributed by atoms with Crippen molar-refractivity contribution in [1.82, 2.24) is 18.8 Å². The molecule has 0 aliphatic heterocycles. The minimum atomic E-state index is 0.840. The standard InChI is InChI=1S/C35H33N5/c1-6-29-34(36-32-27-14-10-8-12-25(27)16-18-38(29)32)40(31-23(4)20-22(3)21-24(31)5)35-30(7-2)39-19-17-26-13-9-11-15-28(26)33(39)37-35/h8-21H,6-7H2,1-5H3. The number of rotatable bonds is 5. The molecule has 0 amide bonds. The van der Waals surface area contributed by atoms with Crippen molar-refractivity contribution in [3.05, 3.63) is 113 Å². The van der Waals surface area contributed by atoms with Crippen LogP contribution in [-0.4, -0.2) is 18.8 Å². The minimum Gasteiger partial charge on any atom is -0.301 e. The van der Waals surface area contributed by atoms with Crippen molar-refractivity contribution >= 4 is 50.2 Å². The molecule has 0 fully saturated rings. The fraction of sp³-hybridized carbons (Fsp3) is 0.200. The van der Waals surface area contributed by atoms with E-state index in [2.05, 4.69) is 134 Å². The van der Waals surface area contributed by atoms with Crippen molar-refractivity contribution in [1.29, 1.82) is 0 Å². The van der Waals surface area contributed by atoms with E-state index < -0.39 is 0 Å². The Morgan fingerprint density at radius 2 is 1.07 bits per heavy atom. The van der Waals surface area contributed by atoms with E-state index in [0.29, 0.717) is 0 Å². The molecular weight excluding hydrogens is 490 g/mol. The Labute approximate surface area is 234 Å². The van der Waals surface area contributed by atoms with Crippen molar-refractivity contribution in [2.24, 2.45) is 0 Å². The fourth-order valence-electron chi connectivity index (χ4n) is 6.46. The summed E-state index contributed by atoms with van der Waals surface area (Å²) < 4.78 is 4.53. The summed E-state index contributed by atoms with van der Waals surface area (Å²) in [5, 5.41) is 4.69. The van der Waals surface area contributed by atoms with Gasteiger partial charge in [0, 0.05) is 23.2 Å². The molecule has 4 aromatic heterocycles. The van der Waals surface area contributed by atoms with Crippen molar-refractivity contribution in [2.45, 2.75) is 47.5 Å². The van der Waals surface area contributed by atoms with Crippen LogP contribution in [0.4, 0.5) is 17.3 Å². The van der Waals surface area contributed by atoms with Gasteiger partial charge in [0.2, 0.25) is 0 Å². The van der Waals surface area contributed by atoms with E-state index in [4.69, 9.17) is 9.97 Å². The number of hydrogen-bond acceptors (Lipinski definition) is 3. The van der Waals surface area contributed by atoms with Gasteiger partial charge in [-0.15, -0.1) is 0 Å². The van der Waals surface area contributed by atoms with Gasteiger partial charge in [0.1, 0.15) is 11.3 Å². The van der Waals surface area contributed by atoms with E-state index in [0.717, 1.165) is 52.2 Å². The fourth-order valence-corrected chi connectivity index (χ4v) is 6.46. The summed E-state index contributed by atoms with van der Waals surface area (Å²) >= 11 is 0. The highest BCUT2D eigenvalue weighted by molar-refractivity contribution is 5.97. The molecule has 0 saturated carbocycles. The van der Waals surface area contributed by atoms with Crippen molar-refractivity contribution in [2.75, 3.05) is 4.90 Å². The lowest BCUT2D eigenvalue weighted by atomic mass is 10.0. The number of aryl methyl sites for hydroxylation is 5. The lowest BCUT2D eigenvalue weighted by molar-refractivity contribution is 0.967. The molecule has 0 radical (unpaired) electrons. The van der Waals surface area contributed by atoms with Crippen molar-refractivity contribution in [3.63, 3.8) is 0 Å². The van der Waals surface area contributed by atoms with Crippen molar-refractivity contribution < 1.29 is 0 Å². The van der Waals surface area contributed by atoms with Gasteiger partial charge in [-0.1, -0.05) is 80.1 Å². The Hall–Kier alpha value is -4.64. The van der Waals surface area contributed by atoms with Gasteiger partial charge in [0.05, 0.1) is 17.1 Å². The molecule has 7 rings (SSSR count). The maximum absolute atomic E-state index is 5.42. The number of fused-ring (bicyclic) bond motifs is 6. The van der Waals surface area contributed by atoms with Gasteiger partial charge < -0.3 is 8.80 Å². The number of imidazole rings is 2. The molecule has 0 N–H and O–H groups in total. The average molecular weight is 524 g/mol. The third-order valence-electron chi connectivity index (χ3n) is 8.14. The first kappa shape index (κ1) is 24.4. The molecule has 4 heterocycles. The molecule has 0 saturated heterocycles. The molecule has 0 bridgehead atoms. The second-order valence-electron chi connectivity index (χ2n) is 10.7. The smallest absolute Gasteiger partial charge is 0.161 e. The number of anilines is 3. The van der Waals surface area contributed by atoms with E-state index in [-0.39, 0.29) is 0 Å². The van der Waals surface area contributed by atoms with Crippen molar-refractivity contribution in [3.8, 4) is 0 Å². The molecule has 7 aromatic rings. The second-order valence-corrected chi connectivity index (χ2v) is 10.7. The average Bonchev–Trinajstić information content (AvgIpc) is 3.53. The maximum Gasteiger partial charge on any atom is 0.161 e. The van der Waals surface area contributed by atoms with Gasteiger partial charge in [-0.2, -0.15) is 0 Å². The lowest BCUT2D eigenvalue weighted by Gasteiger charge is -2.27. The molecule has 198 valence electrons. The van der Waals surface area contributed by atoms with E-state index in [1.807, 2.05) is 0 Å². The molecule has 0 spiro atoms. The zero-order valence-corrected chi connectivity index (χ0v) is 23.7. The highest BCUT2D eigenvalue weighted by Crippen LogP contribution is 2.43. The quantitative estimate of drug-likeness (QED) is 0.226. The number of benzene rings is 3. The first-order valence-corrected chi connectivity index (χ1v) is 14.2. The number of nitrogens with zero attached hydrogens (tertiary/aromatic N) is 5. The van der Waals surface area contributed by atoms with Crippen LogP contribution in [0.15, 0.2) is 85.2 Å². The van der Waals surface area contributed by atoms with Gasteiger partial charge in [-0.3, -0.25) is 4.90 Å². The molecule has 0 atom stereocenters. The van der Waals surface area contributed by atoms with E-state index in [1.54, 1.807) is 0 Å². The Morgan fingerprint density at radius 3 is 1.52 bits per heavy atom. The molecule has 5 heteroatoms. The lowest BCUT2D eigenvalue weighted by Crippen LogP contribution is -2.17. The number of hydrogen-bond donors (Lipinski definition) is 0. The van der Waals surface area contributed by atoms with Gasteiger partial charge in [0.15, 0.2) is 11.6 Å². The summed E-state index contributed by atoms with van der Waals surface area (Å²) in [4.78, 5) is 13.2. The van der Waals surface area contributed by atoms with Gasteiger partial charge in [0.25, 0.3) is 0 Å². The molecule has 40 heavy (non-hydrogen) atoms. The third kappa shape index (κ3) is 3.54. The molecular formula is C35H33N5. The Morgan fingerprint density at radius 1 is 0.625 bits per heavy atom. The summed E-state index contributed by atoms with van der Waals surface area (Å²) in [6.07, 6.45) is 6.01. The first-order valence-electron chi connectivity index (χ1n) is 14.2. The van der Waals surface area contributed by atoms with Crippen LogP contribution in [0.25, 0.3) is 32.8 Å². The number of pyridine rings is 2. The predicted octanol–water partition coefficient (Wildman–Crippen LogP) is 8.81. The van der Waals surface area contributed by atoms with Gasteiger partial charge in [-0.05, 0) is 67.6 Å². The van der Waals surface area contributed by atoms with Gasteiger partial charge in [-0.25, -0.2) is 9.97 Å². The summed E-state index contributed by atoms with van der Waals surface area (Å²) in [6, 6.07) is 25.9. The predicted molar refractivity (Wildman–Crippen MR) is 167 cm³/mol. The van der Waals surface area contributed by atoms with E-state index in [1.165, 1.54) is 38.9 Å².